The highest BCUT2D eigenvalue weighted by Crippen LogP contribution is 2.31. The van der Waals surface area contributed by atoms with Gasteiger partial charge in [0.2, 0.25) is 5.91 Å². The molecule has 1 rings (SSSR count). The molecule has 0 spiro atoms. The molecule has 1 unspecified atom stereocenters. The molecule has 1 aliphatic rings. The molecular weight excluding hydrogens is 238 g/mol. The Hall–Kier alpha value is -0.610. The Morgan fingerprint density at radius 1 is 1.32 bits per heavy atom. The quantitative estimate of drug-likeness (QED) is 0.742. The number of nitrogens with one attached hydrogen (secondary N) is 1. The minimum absolute atomic E-state index is 0.174. The molecule has 19 heavy (non-hydrogen) atoms. The van der Waals surface area contributed by atoms with Crippen molar-refractivity contribution >= 4 is 5.91 Å². The summed E-state index contributed by atoms with van der Waals surface area (Å²) in [6, 6.07) is 0.194. The highest BCUT2D eigenvalue weighted by molar-refractivity contribution is 5.75. The van der Waals surface area contributed by atoms with Gasteiger partial charge in [0, 0.05) is 24.5 Å². The fourth-order valence-corrected chi connectivity index (χ4v) is 2.93. The zero-order valence-electron chi connectivity index (χ0n) is 12.9. The van der Waals surface area contributed by atoms with Crippen LogP contribution in [0.2, 0.25) is 0 Å². The second kappa shape index (κ2) is 7.85. The fraction of sp³-hybridized carbons (Fsp3) is 0.933. The van der Waals surface area contributed by atoms with Crippen molar-refractivity contribution in [3.05, 3.63) is 0 Å². The van der Waals surface area contributed by atoms with Crippen LogP contribution in [0, 0.1) is 0 Å². The molecule has 1 atom stereocenters. The smallest absolute Gasteiger partial charge is 0.220 e. The molecule has 1 fully saturated rings. The van der Waals surface area contributed by atoms with E-state index < -0.39 is 0 Å². The summed E-state index contributed by atoms with van der Waals surface area (Å²) in [5, 5.41) is 3.13. The third-order valence-electron chi connectivity index (χ3n) is 4.41. The number of hydrogen-bond donors (Lipinski definition) is 2. The van der Waals surface area contributed by atoms with Gasteiger partial charge < -0.3 is 16.0 Å². The molecular formula is C15H31N3O. The van der Waals surface area contributed by atoms with Crippen molar-refractivity contribution in [1.82, 2.24) is 10.2 Å². The minimum atomic E-state index is 0.174. The predicted molar refractivity (Wildman–Crippen MR) is 80.0 cm³/mol. The van der Waals surface area contributed by atoms with Crippen molar-refractivity contribution in [2.45, 2.75) is 69.9 Å². The van der Waals surface area contributed by atoms with E-state index in [0.717, 1.165) is 19.4 Å². The highest BCUT2D eigenvalue weighted by Gasteiger charge is 2.34. The normalized spacial score (nSPS) is 20.3. The van der Waals surface area contributed by atoms with Crippen LogP contribution in [-0.4, -0.2) is 43.0 Å². The Labute approximate surface area is 118 Å². The molecule has 0 aromatic heterocycles. The van der Waals surface area contributed by atoms with E-state index in [1.54, 1.807) is 0 Å². The fourth-order valence-electron chi connectivity index (χ4n) is 2.93. The zero-order chi connectivity index (χ0) is 14.3. The third kappa shape index (κ3) is 5.49. The van der Waals surface area contributed by atoms with Crippen molar-refractivity contribution < 1.29 is 4.79 Å². The lowest BCUT2D eigenvalue weighted by Gasteiger charge is -2.43. The van der Waals surface area contributed by atoms with Gasteiger partial charge in [-0.25, -0.2) is 0 Å². The van der Waals surface area contributed by atoms with Gasteiger partial charge >= 0.3 is 0 Å². The molecule has 1 amide bonds. The second-order valence-corrected chi connectivity index (χ2v) is 6.33. The summed E-state index contributed by atoms with van der Waals surface area (Å²) >= 11 is 0. The molecule has 0 aliphatic heterocycles. The van der Waals surface area contributed by atoms with E-state index in [2.05, 4.69) is 24.3 Å². The van der Waals surface area contributed by atoms with Crippen molar-refractivity contribution in [2.75, 3.05) is 20.6 Å². The first-order valence-electron chi connectivity index (χ1n) is 7.66. The average molecular weight is 269 g/mol. The lowest BCUT2D eigenvalue weighted by atomic mass is 9.80. The Morgan fingerprint density at radius 3 is 2.47 bits per heavy atom. The van der Waals surface area contributed by atoms with E-state index >= 15 is 0 Å². The maximum absolute atomic E-state index is 11.9. The van der Waals surface area contributed by atoms with E-state index in [4.69, 9.17) is 5.73 Å². The van der Waals surface area contributed by atoms with Gasteiger partial charge in [-0.2, -0.15) is 0 Å². The summed E-state index contributed by atoms with van der Waals surface area (Å²) in [6.45, 7) is 2.78. The summed E-state index contributed by atoms with van der Waals surface area (Å²) in [5.74, 6) is 0.174. The van der Waals surface area contributed by atoms with Crippen LogP contribution >= 0.6 is 0 Å². The second-order valence-electron chi connectivity index (χ2n) is 6.33. The minimum Gasteiger partial charge on any atom is -0.354 e. The Kier molecular flexibility index (Phi) is 6.80. The molecule has 0 saturated heterocycles. The first kappa shape index (κ1) is 16.4. The predicted octanol–water partition coefficient (Wildman–Crippen LogP) is 1.88. The number of amides is 1. The molecule has 112 valence electrons. The van der Waals surface area contributed by atoms with Crippen molar-refractivity contribution in [1.29, 1.82) is 0 Å². The van der Waals surface area contributed by atoms with Gasteiger partial charge in [0.1, 0.15) is 0 Å². The van der Waals surface area contributed by atoms with Crippen LogP contribution in [0.15, 0.2) is 0 Å². The first-order valence-corrected chi connectivity index (χ1v) is 7.66. The van der Waals surface area contributed by atoms with Gasteiger partial charge in [-0.1, -0.05) is 19.3 Å². The Balaban J connectivity index is 2.33. The van der Waals surface area contributed by atoms with Gasteiger partial charge in [0.25, 0.3) is 0 Å². The largest absolute Gasteiger partial charge is 0.354 e. The van der Waals surface area contributed by atoms with Crippen LogP contribution in [0.4, 0.5) is 0 Å². The van der Waals surface area contributed by atoms with Crippen LogP contribution < -0.4 is 11.1 Å². The van der Waals surface area contributed by atoms with Gasteiger partial charge in [0.15, 0.2) is 0 Å². The summed E-state index contributed by atoms with van der Waals surface area (Å²) in [5.41, 5.74) is 5.87. The number of likely N-dealkylation sites (N-methyl/N-ethyl adjacent to an activating group) is 1. The maximum Gasteiger partial charge on any atom is 0.220 e. The number of carbonyl (C=O) groups excluding carboxylic acids is 1. The van der Waals surface area contributed by atoms with E-state index in [0.29, 0.717) is 6.42 Å². The molecule has 0 aromatic carbocycles. The van der Waals surface area contributed by atoms with Crippen LogP contribution in [0.5, 0.6) is 0 Å². The first-order chi connectivity index (χ1) is 8.96. The lowest BCUT2D eigenvalue weighted by Crippen LogP contribution is -2.53. The van der Waals surface area contributed by atoms with Crippen LogP contribution in [0.25, 0.3) is 0 Å². The summed E-state index contributed by atoms with van der Waals surface area (Å²) < 4.78 is 0. The number of rotatable bonds is 7. The topological polar surface area (TPSA) is 58.4 Å². The van der Waals surface area contributed by atoms with E-state index in [9.17, 15) is 4.79 Å². The standard InChI is InChI=1S/C15H31N3O/c1-13(16)8-7-9-14(19)17-12-15(18(2)3)10-5-4-6-11-15/h13H,4-12,16H2,1-3H3,(H,17,19). The third-order valence-corrected chi connectivity index (χ3v) is 4.41. The van der Waals surface area contributed by atoms with Crippen LogP contribution in [-0.2, 0) is 4.79 Å². The maximum atomic E-state index is 11.9. The average Bonchev–Trinajstić information content (AvgIpc) is 2.37. The number of nitrogens with two attached hydrogens (primary N) is 1. The summed E-state index contributed by atoms with van der Waals surface area (Å²) in [6.07, 6.45) is 8.69. The molecule has 0 bridgehead atoms. The van der Waals surface area contributed by atoms with E-state index in [1.165, 1.54) is 32.1 Å². The molecule has 0 radical (unpaired) electrons. The molecule has 1 aliphatic carbocycles. The Morgan fingerprint density at radius 2 is 1.95 bits per heavy atom. The SMILES string of the molecule is CC(N)CCCC(=O)NCC1(N(C)C)CCCCC1. The molecule has 4 nitrogen and oxygen atoms in total. The number of carbonyl (C=O) groups is 1. The number of hydrogen-bond acceptors (Lipinski definition) is 3. The number of nitrogens with zero attached hydrogens (tertiary/aromatic N) is 1. The molecule has 0 aromatic rings. The molecule has 4 heteroatoms. The van der Waals surface area contributed by atoms with Gasteiger partial charge in [-0.05, 0) is 46.7 Å². The summed E-state index contributed by atoms with van der Waals surface area (Å²) in [4.78, 5) is 14.2. The molecule has 1 saturated carbocycles. The summed E-state index contributed by atoms with van der Waals surface area (Å²) in [7, 11) is 4.27. The van der Waals surface area contributed by atoms with Crippen LogP contribution in [0.1, 0.15) is 58.3 Å². The lowest BCUT2D eigenvalue weighted by molar-refractivity contribution is -0.122. The van der Waals surface area contributed by atoms with E-state index in [-0.39, 0.29) is 17.5 Å². The Bertz CT molecular complexity index is 271. The van der Waals surface area contributed by atoms with Crippen molar-refractivity contribution in [2.24, 2.45) is 5.73 Å². The highest BCUT2D eigenvalue weighted by atomic mass is 16.1. The monoisotopic (exact) mass is 269 g/mol. The van der Waals surface area contributed by atoms with Crippen LogP contribution in [0.3, 0.4) is 0 Å². The van der Waals surface area contributed by atoms with Crippen molar-refractivity contribution in [3.8, 4) is 0 Å². The van der Waals surface area contributed by atoms with Crippen molar-refractivity contribution in [3.63, 3.8) is 0 Å². The van der Waals surface area contributed by atoms with Gasteiger partial charge in [0.05, 0.1) is 0 Å². The van der Waals surface area contributed by atoms with Gasteiger partial charge in [-0.3, -0.25) is 4.79 Å². The zero-order valence-corrected chi connectivity index (χ0v) is 12.9. The molecule has 3 N–H and O–H groups in total. The van der Waals surface area contributed by atoms with E-state index in [1.807, 2.05) is 6.92 Å². The van der Waals surface area contributed by atoms with Gasteiger partial charge in [-0.15, -0.1) is 0 Å². The molecule has 0 heterocycles.